The van der Waals surface area contributed by atoms with Gasteiger partial charge in [-0.1, -0.05) is 22.6 Å². The minimum atomic E-state index is 0.936. The van der Waals surface area contributed by atoms with Gasteiger partial charge in [0.2, 0.25) is 0 Å². The molecule has 10 heavy (non-hydrogen) atoms. The van der Waals surface area contributed by atoms with Crippen LogP contribution in [-0.4, -0.2) is 9.54 Å². The fourth-order valence-electron chi connectivity index (χ4n) is 0.692. The van der Waals surface area contributed by atoms with E-state index in [1.807, 2.05) is 24.5 Å². The maximum Gasteiger partial charge on any atom is 0.0482 e. The Morgan fingerprint density at radius 2 is 2.10 bits per heavy atom. The second kappa shape index (κ2) is 4.62. The van der Waals surface area contributed by atoms with Crippen molar-refractivity contribution in [3.8, 4) is 0 Å². The quantitative estimate of drug-likeness (QED) is 0.499. The highest BCUT2D eigenvalue weighted by molar-refractivity contribution is 14.1. The van der Waals surface area contributed by atoms with Crippen LogP contribution in [0.3, 0.4) is 0 Å². The van der Waals surface area contributed by atoms with Crippen LogP contribution >= 0.6 is 22.6 Å². The summed E-state index contributed by atoms with van der Waals surface area (Å²) >= 11 is 2.29. The van der Waals surface area contributed by atoms with Crippen molar-refractivity contribution in [1.29, 1.82) is 0 Å². The van der Waals surface area contributed by atoms with Crippen molar-refractivity contribution in [3.05, 3.63) is 30.1 Å². The zero-order chi connectivity index (χ0) is 7.23. The van der Waals surface area contributed by atoms with Gasteiger partial charge in [-0.2, -0.15) is 0 Å². The zero-order valence-electron chi connectivity index (χ0n) is 5.55. The first kappa shape index (κ1) is 7.94. The predicted octanol–water partition coefficient (Wildman–Crippen LogP) is 1.56. The van der Waals surface area contributed by atoms with Gasteiger partial charge in [-0.05, 0) is 17.7 Å². The van der Waals surface area contributed by atoms with Gasteiger partial charge in [-0.25, -0.2) is 0 Å². The van der Waals surface area contributed by atoms with Crippen molar-refractivity contribution >= 4 is 22.6 Å². The molecule has 0 bridgehead atoms. The molecule has 0 aromatic carbocycles. The van der Waals surface area contributed by atoms with Gasteiger partial charge in [0.25, 0.3) is 0 Å². The molecule has 2 nitrogen and oxygen atoms in total. The fourth-order valence-corrected chi connectivity index (χ4v) is 0.962. The largest absolute Gasteiger partial charge is 0.304 e. The average molecular weight is 248 g/mol. The Labute approximate surface area is 74.2 Å². The highest BCUT2D eigenvalue weighted by Gasteiger charge is 1.86. The Bertz CT molecular complexity index is 176. The molecule has 1 rings (SSSR count). The van der Waals surface area contributed by atoms with Crippen LogP contribution in [0, 0.1) is 0 Å². The molecule has 0 aliphatic carbocycles. The topological polar surface area (TPSA) is 24.9 Å². The maximum atomic E-state index is 3.92. The summed E-state index contributed by atoms with van der Waals surface area (Å²) in [5.41, 5.74) is 1.28. The Morgan fingerprint density at radius 1 is 1.40 bits per heavy atom. The van der Waals surface area contributed by atoms with Crippen LogP contribution in [0.2, 0.25) is 0 Å². The number of halogens is 1. The Morgan fingerprint density at radius 3 is 2.70 bits per heavy atom. The zero-order valence-corrected chi connectivity index (χ0v) is 7.71. The third-order valence-electron chi connectivity index (χ3n) is 1.17. The molecule has 0 spiro atoms. The molecular weight excluding hydrogens is 239 g/mol. The maximum absolute atomic E-state index is 3.92. The number of nitrogens with zero attached hydrogens (tertiary/aromatic N) is 1. The van der Waals surface area contributed by atoms with Crippen molar-refractivity contribution < 1.29 is 0 Å². The van der Waals surface area contributed by atoms with Crippen molar-refractivity contribution in [3.63, 3.8) is 0 Å². The van der Waals surface area contributed by atoms with Crippen molar-refractivity contribution in [1.82, 2.24) is 10.3 Å². The van der Waals surface area contributed by atoms with E-state index in [1.54, 1.807) is 0 Å². The van der Waals surface area contributed by atoms with E-state index in [1.165, 1.54) is 5.56 Å². The molecular formula is C7H9IN2. The molecule has 1 heterocycles. The molecule has 0 radical (unpaired) electrons. The minimum Gasteiger partial charge on any atom is -0.304 e. The van der Waals surface area contributed by atoms with Gasteiger partial charge in [0.05, 0.1) is 0 Å². The van der Waals surface area contributed by atoms with Crippen molar-refractivity contribution in [2.24, 2.45) is 0 Å². The Hall–Kier alpha value is -0.160. The smallest absolute Gasteiger partial charge is 0.0482 e. The lowest BCUT2D eigenvalue weighted by Crippen LogP contribution is -2.09. The van der Waals surface area contributed by atoms with E-state index in [4.69, 9.17) is 0 Å². The van der Waals surface area contributed by atoms with Gasteiger partial charge in [0.15, 0.2) is 0 Å². The summed E-state index contributed by atoms with van der Waals surface area (Å²) in [5.74, 6) is 0. The fraction of sp³-hybridized carbons (Fsp3) is 0.286. The van der Waals surface area contributed by atoms with Crippen LogP contribution in [0.25, 0.3) is 0 Å². The molecule has 1 N–H and O–H groups in total. The number of alkyl halides is 1. The van der Waals surface area contributed by atoms with Crippen LogP contribution in [-0.2, 0) is 6.54 Å². The molecule has 1 aromatic rings. The standard InChI is InChI=1S/C7H9IN2/c8-6-10-5-7-1-3-9-4-2-7/h1-4,10H,5-6H2. The van der Waals surface area contributed by atoms with Crippen LogP contribution in [0.1, 0.15) is 5.56 Å². The second-order valence-electron chi connectivity index (χ2n) is 1.92. The highest BCUT2D eigenvalue weighted by atomic mass is 127. The first-order valence-electron chi connectivity index (χ1n) is 3.09. The lowest BCUT2D eigenvalue weighted by atomic mass is 10.3. The van der Waals surface area contributed by atoms with Crippen molar-refractivity contribution in [2.75, 3.05) is 4.55 Å². The molecule has 0 saturated carbocycles. The Kier molecular flexibility index (Phi) is 3.67. The first-order valence-corrected chi connectivity index (χ1v) is 4.61. The molecule has 0 atom stereocenters. The number of rotatable bonds is 3. The summed E-state index contributed by atoms with van der Waals surface area (Å²) in [5, 5.41) is 3.22. The van der Waals surface area contributed by atoms with E-state index in [0.717, 1.165) is 11.1 Å². The summed E-state index contributed by atoms with van der Waals surface area (Å²) in [7, 11) is 0. The first-order chi connectivity index (χ1) is 4.93. The molecule has 0 fully saturated rings. The molecule has 0 saturated heterocycles. The third-order valence-corrected chi connectivity index (χ3v) is 1.71. The van der Waals surface area contributed by atoms with E-state index < -0.39 is 0 Å². The van der Waals surface area contributed by atoms with E-state index in [9.17, 15) is 0 Å². The summed E-state index contributed by atoms with van der Waals surface area (Å²) < 4.78 is 0.986. The molecule has 54 valence electrons. The van der Waals surface area contributed by atoms with Gasteiger partial charge < -0.3 is 5.32 Å². The summed E-state index contributed by atoms with van der Waals surface area (Å²) in [4.78, 5) is 3.92. The number of hydrogen-bond donors (Lipinski definition) is 1. The van der Waals surface area contributed by atoms with Gasteiger partial charge in [0.1, 0.15) is 0 Å². The highest BCUT2D eigenvalue weighted by Crippen LogP contribution is 1.94. The van der Waals surface area contributed by atoms with Gasteiger partial charge >= 0.3 is 0 Å². The monoisotopic (exact) mass is 248 g/mol. The van der Waals surface area contributed by atoms with Crippen LogP contribution in [0.5, 0.6) is 0 Å². The summed E-state index contributed by atoms with van der Waals surface area (Å²) in [6.45, 7) is 0.936. The summed E-state index contributed by atoms with van der Waals surface area (Å²) in [6.07, 6.45) is 3.62. The molecule has 1 aromatic heterocycles. The minimum absolute atomic E-state index is 0.936. The predicted molar refractivity (Wildman–Crippen MR) is 50.0 cm³/mol. The van der Waals surface area contributed by atoms with E-state index in [-0.39, 0.29) is 0 Å². The number of pyridine rings is 1. The van der Waals surface area contributed by atoms with E-state index in [0.29, 0.717) is 0 Å². The lowest BCUT2D eigenvalue weighted by Gasteiger charge is -1.98. The Balaban J connectivity index is 2.43. The molecule has 3 heteroatoms. The molecule has 0 aliphatic heterocycles. The van der Waals surface area contributed by atoms with Gasteiger partial charge in [0, 0.05) is 23.5 Å². The van der Waals surface area contributed by atoms with Gasteiger partial charge in [-0.3, -0.25) is 4.98 Å². The van der Waals surface area contributed by atoms with Crippen LogP contribution in [0.4, 0.5) is 0 Å². The molecule has 0 amide bonds. The number of aromatic nitrogens is 1. The average Bonchev–Trinajstić information content (AvgIpc) is 2.03. The third kappa shape index (κ3) is 2.62. The molecule has 0 unspecified atom stereocenters. The number of nitrogens with one attached hydrogen (secondary N) is 1. The van der Waals surface area contributed by atoms with Gasteiger partial charge in [-0.15, -0.1) is 0 Å². The number of hydrogen-bond acceptors (Lipinski definition) is 2. The van der Waals surface area contributed by atoms with Crippen LogP contribution < -0.4 is 5.32 Å². The lowest BCUT2D eigenvalue weighted by molar-refractivity contribution is 0.806. The normalized spacial score (nSPS) is 9.70. The summed E-state index contributed by atoms with van der Waals surface area (Å²) in [6, 6.07) is 4.03. The second-order valence-corrected chi connectivity index (χ2v) is 2.68. The van der Waals surface area contributed by atoms with Crippen LogP contribution in [0.15, 0.2) is 24.5 Å². The van der Waals surface area contributed by atoms with E-state index >= 15 is 0 Å². The van der Waals surface area contributed by atoms with E-state index in [2.05, 4.69) is 32.9 Å². The van der Waals surface area contributed by atoms with Crippen molar-refractivity contribution in [2.45, 2.75) is 6.54 Å². The molecule has 0 aliphatic rings. The SMILES string of the molecule is ICNCc1ccncc1.